The number of aryl methyl sites for hydroxylation is 2. The van der Waals surface area contributed by atoms with Crippen molar-refractivity contribution in [2.75, 3.05) is 11.4 Å². The van der Waals surface area contributed by atoms with Crippen LogP contribution in [0.3, 0.4) is 0 Å². The summed E-state index contributed by atoms with van der Waals surface area (Å²) in [5.74, 6) is 1.22. The largest absolute Gasteiger partial charge is 0.441 e. The average Bonchev–Trinajstić information content (AvgIpc) is 2.86. The summed E-state index contributed by atoms with van der Waals surface area (Å²) in [5.41, 5.74) is 3.46. The highest BCUT2D eigenvalue weighted by molar-refractivity contribution is 5.52. The van der Waals surface area contributed by atoms with Crippen molar-refractivity contribution in [2.24, 2.45) is 0 Å². The third-order valence-corrected chi connectivity index (χ3v) is 4.15. The van der Waals surface area contributed by atoms with Crippen LogP contribution in [0, 0.1) is 12.7 Å². The molecule has 0 N–H and O–H groups in total. The molecule has 0 fully saturated rings. The molecule has 4 rings (SSSR count). The van der Waals surface area contributed by atoms with Gasteiger partial charge in [-0.2, -0.15) is 0 Å². The smallest absolute Gasteiger partial charge is 0.229 e. The van der Waals surface area contributed by atoms with E-state index in [-0.39, 0.29) is 5.82 Å². The highest BCUT2D eigenvalue weighted by Crippen LogP contribution is 2.28. The quantitative estimate of drug-likeness (QED) is 0.722. The van der Waals surface area contributed by atoms with Gasteiger partial charge < -0.3 is 9.32 Å². The van der Waals surface area contributed by atoms with Gasteiger partial charge in [0.2, 0.25) is 5.89 Å². The molecule has 5 nitrogen and oxygen atoms in total. The molecular weight excluding hydrogens is 307 g/mol. The molecule has 0 aliphatic carbocycles. The van der Waals surface area contributed by atoms with E-state index in [9.17, 15) is 4.39 Å². The van der Waals surface area contributed by atoms with Gasteiger partial charge in [-0.1, -0.05) is 0 Å². The lowest BCUT2D eigenvalue weighted by molar-refractivity contribution is 0.512. The fourth-order valence-corrected chi connectivity index (χ4v) is 3.05. The number of nitrogens with zero attached hydrogens (tertiary/aromatic N) is 4. The maximum atomic E-state index is 13.7. The first-order valence-corrected chi connectivity index (χ1v) is 7.95. The molecule has 3 aromatic rings. The van der Waals surface area contributed by atoms with Crippen LogP contribution < -0.4 is 4.90 Å². The van der Waals surface area contributed by atoms with E-state index < -0.39 is 0 Å². The van der Waals surface area contributed by atoms with Crippen LogP contribution in [0.5, 0.6) is 0 Å². The monoisotopic (exact) mass is 324 g/mol. The van der Waals surface area contributed by atoms with Gasteiger partial charge in [0.1, 0.15) is 23.6 Å². The van der Waals surface area contributed by atoms with Crippen LogP contribution in [0.2, 0.25) is 0 Å². The Morgan fingerprint density at radius 2 is 2.00 bits per heavy atom. The molecule has 3 heterocycles. The van der Waals surface area contributed by atoms with Crippen LogP contribution in [0.25, 0.3) is 11.5 Å². The Morgan fingerprint density at radius 3 is 2.79 bits per heavy atom. The van der Waals surface area contributed by atoms with Gasteiger partial charge in [0.25, 0.3) is 0 Å². The Labute approximate surface area is 139 Å². The topological polar surface area (TPSA) is 55.1 Å². The van der Waals surface area contributed by atoms with Gasteiger partial charge in [-0.25, -0.2) is 19.3 Å². The first-order chi connectivity index (χ1) is 11.7. The summed E-state index contributed by atoms with van der Waals surface area (Å²) in [6.07, 6.45) is 6.60. The fourth-order valence-electron chi connectivity index (χ4n) is 3.05. The van der Waals surface area contributed by atoms with Crippen LogP contribution >= 0.6 is 0 Å². The van der Waals surface area contributed by atoms with Crippen molar-refractivity contribution in [1.29, 1.82) is 0 Å². The molecule has 2 aromatic heterocycles. The summed E-state index contributed by atoms with van der Waals surface area (Å²) in [7, 11) is 0. The highest BCUT2D eigenvalue weighted by Gasteiger charge is 2.21. The number of hydrogen-bond acceptors (Lipinski definition) is 5. The standard InChI is InChI=1S/C18H17FN4O/c1-12-5-14(19)7-15(6-12)23-4-2-3-17-16(10-23)22-18(24-17)13-8-20-11-21-9-13/h5-9,11H,2-4,10H2,1H3. The normalized spacial score (nSPS) is 14.3. The fraction of sp³-hybridized carbons (Fsp3) is 0.278. The number of rotatable bonds is 2. The van der Waals surface area contributed by atoms with E-state index in [1.165, 1.54) is 12.4 Å². The van der Waals surface area contributed by atoms with Crippen molar-refractivity contribution in [3.63, 3.8) is 0 Å². The number of fused-ring (bicyclic) bond motifs is 1. The molecular formula is C18H17FN4O. The van der Waals surface area contributed by atoms with E-state index in [2.05, 4.69) is 19.9 Å². The third kappa shape index (κ3) is 2.87. The first kappa shape index (κ1) is 14.8. The minimum absolute atomic E-state index is 0.211. The molecule has 0 atom stereocenters. The van der Waals surface area contributed by atoms with Crippen LogP contribution in [0.4, 0.5) is 10.1 Å². The Hall–Kier alpha value is -2.76. The lowest BCUT2D eigenvalue weighted by atomic mass is 10.2. The third-order valence-electron chi connectivity index (χ3n) is 4.15. The Bertz CT molecular complexity index is 842. The molecule has 1 aromatic carbocycles. The molecule has 1 aliphatic rings. The van der Waals surface area contributed by atoms with E-state index in [1.54, 1.807) is 18.5 Å². The van der Waals surface area contributed by atoms with Crippen molar-refractivity contribution in [1.82, 2.24) is 15.0 Å². The summed E-state index contributed by atoms with van der Waals surface area (Å²) >= 11 is 0. The summed E-state index contributed by atoms with van der Waals surface area (Å²) in [5, 5.41) is 0. The average molecular weight is 324 g/mol. The molecule has 0 spiro atoms. The van der Waals surface area contributed by atoms with Gasteiger partial charge in [0.15, 0.2) is 0 Å². The van der Waals surface area contributed by atoms with Crippen molar-refractivity contribution < 1.29 is 8.81 Å². The second-order valence-electron chi connectivity index (χ2n) is 6.03. The first-order valence-electron chi connectivity index (χ1n) is 7.95. The van der Waals surface area contributed by atoms with Gasteiger partial charge in [0.05, 0.1) is 12.1 Å². The van der Waals surface area contributed by atoms with Crippen LogP contribution in [-0.4, -0.2) is 21.5 Å². The number of anilines is 1. The summed E-state index contributed by atoms with van der Waals surface area (Å²) in [6.45, 7) is 3.35. The number of aromatic nitrogens is 3. The lowest BCUT2D eigenvalue weighted by Gasteiger charge is -2.22. The molecule has 6 heteroatoms. The zero-order valence-electron chi connectivity index (χ0n) is 13.4. The van der Waals surface area contributed by atoms with Gasteiger partial charge in [-0.05, 0) is 37.1 Å². The summed E-state index contributed by atoms with van der Waals surface area (Å²) in [6, 6.07) is 5.11. The Balaban J connectivity index is 1.66. The van der Waals surface area contributed by atoms with E-state index in [0.29, 0.717) is 12.4 Å². The molecule has 0 saturated heterocycles. The van der Waals surface area contributed by atoms with Gasteiger partial charge in [0, 0.05) is 31.0 Å². The zero-order chi connectivity index (χ0) is 16.5. The highest BCUT2D eigenvalue weighted by atomic mass is 19.1. The predicted molar refractivity (Wildman–Crippen MR) is 88.0 cm³/mol. The maximum Gasteiger partial charge on any atom is 0.229 e. The minimum Gasteiger partial charge on any atom is -0.441 e. The van der Waals surface area contributed by atoms with E-state index in [0.717, 1.165) is 47.7 Å². The summed E-state index contributed by atoms with van der Waals surface area (Å²) in [4.78, 5) is 14.8. The number of hydrogen-bond donors (Lipinski definition) is 0. The van der Waals surface area contributed by atoms with Gasteiger partial charge in [-0.15, -0.1) is 0 Å². The van der Waals surface area contributed by atoms with Crippen molar-refractivity contribution >= 4 is 5.69 Å². The maximum absolute atomic E-state index is 13.7. The van der Waals surface area contributed by atoms with Crippen LogP contribution in [-0.2, 0) is 13.0 Å². The van der Waals surface area contributed by atoms with Crippen LogP contribution in [0.15, 0.2) is 41.3 Å². The van der Waals surface area contributed by atoms with Crippen molar-refractivity contribution in [3.05, 3.63) is 59.8 Å². The van der Waals surface area contributed by atoms with Crippen LogP contribution in [0.1, 0.15) is 23.4 Å². The Morgan fingerprint density at radius 1 is 1.17 bits per heavy atom. The molecule has 24 heavy (non-hydrogen) atoms. The number of halogens is 1. The molecule has 122 valence electrons. The molecule has 0 saturated carbocycles. The molecule has 0 unspecified atom stereocenters. The number of oxazole rings is 1. The SMILES string of the molecule is Cc1cc(F)cc(N2CCCc3oc(-c4cncnc4)nc3C2)c1. The zero-order valence-corrected chi connectivity index (χ0v) is 13.4. The van der Waals surface area contributed by atoms with Crippen molar-refractivity contribution in [2.45, 2.75) is 26.3 Å². The van der Waals surface area contributed by atoms with E-state index in [1.807, 2.05) is 13.0 Å². The summed E-state index contributed by atoms with van der Waals surface area (Å²) < 4.78 is 19.6. The van der Waals surface area contributed by atoms with E-state index in [4.69, 9.17) is 4.42 Å². The molecule has 1 aliphatic heterocycles. The second kappa shape index (κ2) is 6.03. The minimum atomic E-state index is -0.211. The predicted octanol–water partition coefficient (Wildman–Crippen LogP) is 3.53. The molecule has 0 amide bonds. The second-order valence-corrected chi connectivity index (χ2v) is 6.03. The van der Waals surface area contributed by atoms with Gasteiger partial charge >= 0.3 is 0 Å². The molecule has 0 radical (unpaired) electrons. The molecule has 0 bridgehead atoms. The van der Waals surface area contributed by atoms with Gasteiger partial charge in [-0.3, -0.25) is 0 Å². The number of benzene rings is 1. The van der Waals surface area contributed by atoms with Crippen molar-refractivity contribution in [3.8, 4) is 11.5 Å². The Kier molecular flexibility index (Phi) is 3.72. The van der Waals surface area contributed by atoms with E-state index >= 15 is 0 Å². The lowest BCUT2D eigenvalue weighted by Crippen LogP contribution is -2.23.